The summed E-state index contributed by atoms with van der Waals surface area (Å²) in [6, 6.07) is 6.12. The Labute approximate surface area is 142 Å². The van der Waals surface area contributed by atoms with Crippen LogP contribution in [0.5, 0.6) is 0 Å². The fraction of sp³-hybridized carbons (Fsp3) is 0.500. The summed E-state index contributed by atoms with van der Waals surface area (Å²) >= 11 is 0. The molecule has 0 radical (unpaired) electrons. The summed E-state index contributed by atoms with van der Waals surface area (Å²) in [7, 11) is 0. The minimum absolute atomic E-state index is 0.0255. The zero-order valence-corrected chi connectivity index (χ0v) is 14.4. The first-order valence-electron chi connectivity index (χ1n) is 8.60. The van der Waals surface area contributed by atoms with Gasteiger partial charge in [0, 0.05) is 43.6 Å². The van der Waals surface area contributed by atoms with Gasteiger partial charge in [0.2, 0.25) is 0 Å². The molecule has 24 heavy (non-hydrogen) atoms. The van der Waals surface area contributed by atoms with Gasteiger partial charge in [0.05, 0.1) is 12.2 Å². The van der Waals surface area contributed by atoms with Crippen molar-refractivity contribution in [1.82, 2.24) is 24.8 Å². The molecule has 1 N–H and O–H groups in total. The van der Waals surface area contributed by atoms with Crippen molar-refractivity contribution in [3.8, 4) is 0 Å². The van der Waals surface area contributed by atoms with E-state index in [1.807, 2.05) is 55.5 Å². The molecule has 6 heteroatoms. The molecular weight excluding hydrogens is 302 g/mol. The molecule has 1 aliphatic rings. The normalized spacial score (nSPS) is 18.0. The van der Waals surface area contributed by atoms with Crippen molar-refractivity contribution in [2.75, 3.05) is 13.1 Å². The minimum Gasteiger partial charge on any atom is -0.336 e. The van der Waals surface area contributed by atoms with Gasteiger partial charge in [-0.05, 0) is 38.8 Å². The highest BCUT2D eigenvalue weighted by atomic mass is 16.2. The first-order valence-corrected chi connectivity index (χ1v) is 8.60. The maximum absolute atomic E-state index is 12.3. The van der Waals surface area contributed by atoms with Crippen LogP contribution in [-0.2, 0) is 6.54 Å². The van der Waals surface area contributed by atoms with E-state index in [1.54, 1.807) is 0 Å². The lowest BCUT2D eigenvalue weighted by Gasteiger charge is -2.33. The third-order valence-corrected chi connectivity index (χ3v) is 4.29. The van der Waals surface area contributed by atoms with Gasteiger partial charge in [0.25, 0.3) is 0 Å². The van der Waals surface area contributed by atoms with Gasteiger partial charge in [-0.25, -0.2) is 9.78 Å². The molecule has 0 spiro atoms. The number of likely N-dealkylation sites (tertiary alicyclic amines) is 1. The summed E-state index contributed by atoms with van der Waals surface area (Å²) in [5, 5.41) is 2.98. The molecule has 3 rings (SSSR count). The van der Waals surface area contributed by atoms with Crippen LogP contribution in [0.3, 0.4) is 0 Å². The molecule has 1 atom stereocenters. The van der Waals surface area contributed by atoms with E-state index in [0.717, 1.165) is 37.4 Å². The third-order valence-electron chi connectivity index (χ3n) is 4.29. The lowest BCUT2D eigenvalue weighted by atomic mass is 9.97. The summed E-state index contributed by atoms with van der Waals surface area (Å²) in [5.41, 5.74) is 1.02. The van der Waals surface area contributed by atoms with Crippen LogP contribution in [0.15, 0.2) is 36.8 Å². The van der Waals surface area contributed by atoms with E-state index in [4.69, 9.17) is 0 Å². The summed E-state index contributed by atoms with van der Waals surface area (Å²) in [6.07, 6.45) is 7.71. The van der Waals surface area contributed by atoms with Crippen molar-refractivity contribution in [2.24, 2.45) is 0 Å². The van der Waals surface area contributed by atoms with E-state index in [1.165, 1.54) is 0 Å². The van der Waals surface area contributed by atoms with Crippen molar-refractivity contribution >= 4 is 6.03 Å². The largest absolute Gasteiger partial charge is 0.336 e. The van der Waals surface area contributed by atoms with Gasteiger partial charge in [-0.2, -0.15) is 0 Å². The number of urea groups is 1. The van der Waals surface area contributed by atoms with Crippen molar-refractivity contribution in [2.45, 2.75) is 45.2 Å². The van der Waals surface area contributed by atoms with Crippen molar-refractivity contribution < 1.29 is 4.79 Å². The molecule has 0 aromatic carbocycles. The Kier molecular flexibility index (Phi) is 5.13. The molecule has 2 aromatic rings. The first-order chi connectivity index (χ1) is 11.6. The summed E-state index contributed by atoms with van der Waals surface area (Å²) in [6.45, 7) is 6.22. The molecule has 0 bridgehead atoms. The summed E-state index contributed by atoms with van der Waals surface area (Å²) in [5.74, 6) is 1.32. The topological polar surface area (TPSA) is 63.1 Å². The highest BCUT2D eigenvalue weighted by Crippen LogP contribution is 2.26. The van der Waals surface area contributed by atoms with Crippen molar-refractivity contribution in [3.05, 3.63) is 48.3 Å². The number of rotatable bonds is 4. The van der Waals surface area contributed by atoms with E-state index in [-0.39, 0.29) is 18.0 Å². The Bertz CT molecular complexity index is 667. The second-order valence-corrected chi connectivity index (χ2v) is 6.62. The number of piperidine rings is 1. The molecule has 2 aromatic heterocycles. The molecular formula is C18H25N5O. The number of hydrogen-bond acceptors (Lipinski definition) is 3. The number of carbonyl (C=O) groups excluding carboxylic acids is 1. The van der Waals surface area contributed by atoms with Crippen LogP contribution < -0.4 is 5.32 Å². The fourth-order valence-electron chi connectivity index (χ4n) is 3.19. The van der Waals surface area contributed by atoms with Crippen LogP contribution in [0.25, 0.3) is 0 Å². The van der Waals surface area contributed by atoms with Crippen LogP contribution in [-0.4, -0.2) is 44.6 Å². The van der Waals surface area contributed by atoms with E-state index in [9.17, 15) is 4.79 Å². The molecule has 0 aliphatic carbocycles. The van der Waals surface area contributed by atoms with Gasteiger partial charge in [-0.3, -0.25) is 4.98 Å². The van der Waals surface area contributed by atoms with Crippen LogP contribution in [0.1, 0.15) is 44.1 Å². The lowest BCUT2D eigenvalue weighted by Crippen LogP contribution is -2.47. The number of carbonyl (C=O) groups is 1. The Morgan fingerprint density at radius 1 is 1.33 bits per heavy atom. The zero-order chi connectivity index (χ0) is 16.9. The van der Waals surface area contributed by atoms with Gasteiger partial charge in [-0.1, -0.05) is 6.07 Å². The standard InChI is InChI=1S/C18H25N5O/c1-14(2)21-18(24)23-10-5-6-15(12-23)17-20-9-11-22(17)13-16-7-3-4-8-19-16/h3-4,7-9,11,14-15H,5-6,10,12-13H2,1-2H3,(H,21,24)/t15-/m1/s1. The highest BCUT2D eigenvalue weighted by molar-refractivity contribution is 5.74. The fourth-order valence-corrected chi connectivity index (χ4v) is 3.19. The van der Waals surface area contributed by atoms with Crippen LogP contribution >= 0.6 is 0 Å². The number of imidazole rings is 1. The molecule has 6 nitrogen and oxygen atoms in total. The number of pyridine rings is 1. The Morgan fingerprint density at radius 2 is 2.21 bits per heavy atom. The first kappa shape index (κ1) is 16.5. The van der Waals surface area contributed by atoms with Gasteiger partial charge < -0.3 is 14.8 Å². The maximum atomic E-state index is 12.3. The molecule has 0 unspecified atom stereocenters. The predicted octanol–water partition coefficient (Wildman–Crippen LogP) is 2.62. The van der Waals surface area contributed by atoms with Crippen LogP contribution in [0, 0.1) is 0 Å². The van der Waals surface area contributed by atoms with E-state index < -0.39 is 0 Å². The zero-order valence-electron chi connectivity index (χ0n) is 14.4. The molecule has 1 fully saturated rings. The Hall–Kier alpha value is -2.37. The molecule has 3 heterocycles. The summed E-state index contributed by atoms with van der Waals surface area (Å²) in [4.78, 5) is 23.1. The Balaban J connectivity index is 1.70. The van der Waals surface area contributed by atoms with Crippen molar-refractivity contribution in [3.63, 3.8) is 0 Å². The van der Waals surface area contributed by atoms with Crippen LogP contribution in [0.4, 0.5) is 4.79 Å². The van der Waals surface area contributed by atoms with Crippen LogP contribution in [0.2, 0.25) is 0 Å². The van der Waals surface area contributed by atoms with Gasteiger partial charge in [0.1, 0.15) is 5.82 Å². The monoisotopic (exact) mass is 327 g/mol. The van der Waals surface area contributed by atoms with Gasteiger partial charge in [-0.15, -0.1) is 0 Å². The number of nitrogens with zero attached hydrogens (tertiary/aromatic N) is 4. The average Bonchev–Trinajstić information content (AvgIpc) is 3.03. The lowest BCUT2D eigenvalue weighted by molar-refractivity contribution is 0.175. The highest BCUT2D eigenvalue weighted by Gasteiger charge is 2.27. The molecule has 128 valence electrons. The number of aromatic nitrogens is 3. The van der Waals surface area contributed by atoms with E-state index in [2.05, 4.69) is 19.9 Å². The summed E-state index contributed by atoms with van der Waals surface area (Å²) < 4.78 is 2.15. The molecule has 1 aliphatic heterocycles. The third kappa shape index (κ3) is 3.93. The second-order valence-electron chi connectivity index (χ2n) is 6.62. The smallest absolute Gasteiger partial charge is 0.317 e. The number of hydrogen-bond donors (Lipinski definition) is 1. The quantitative estimate of drug-likeness (QED) is 0.939. The average molecular weight is 327 g/mol. The SMILES string of the molecule is CC(C)NC(=O)N1CCC[C@@H](c2nccn2Cc2ccccn2)C1. The molecule has 2 amide bonds. The van der Waals surface area contributed by atoms with E-state index >= 15 is 0 Å². The van der Waals surface area contributed by atoms with Gasteiger partial charge in [0.15, 0.2) is 0 Å². The Morgan fingerprint density at radius 3 is 2.96 bits per heavy atom. The minimum atomic E-state index is 0.0255. The predicted molar refractivity (Wildman–Crippen MR) is 92.8 cm³/mol. The maximum Gasteiger partial charge on any atom is 0.317 e. The van der Waals surface area contributed by atoms with Crippen molar-refractivity contribution in [1.29, 1.82) is 0 Å². The second kappa shape index (κ2) is 7.47. The molecule has 0 saturated carbocycles. The van der Waals surface area contributed by atoms with E-state index in [0.29, 0.717) is 6.54 Å². The van der Waals surface area contributed by atoms with Gasteiger partial charge >= 0.3 is 6.03 Å². The number of amides is 2. The molecule has 1 saturated heterocycles. The number of nitrogens with one attached hydrogen (secondary N) is 1.